The van der Waals surface area contributed by atoms with Crippen LogP contribution < -0.4 is 0 Å². The molecule has 6 nitrogen and oxygen atoms in total. The van der Waals surface area contributed by atoms with Gasteiger partial charge in [0.25, 0.3) is 5.91 Å². The van der Waals surface area contributed by atoms with Crippen LogP contribution in [0.2, 0.25) is 0 Å². The van der Waals surface area contributed by atoms with Crippen LogP contribution in [0.5, 0.6) is 0 Å². The van der Waals surface area contributed by atoms with Crippen molar-refractivity contribution in [2.75, 3.05) is 13.1 Å². The van der Waals surface area contributed by atoms with Gasteiger partial charge in [0.15, 0.2) is 0 Å². The molecule has 0 radical (unpaired) electrons. The van der Waals surface area contributed by atoms with Crippen LogP contribution in [0, 0.1) is 0 Å². The summed E-state index contributed by atoms with van der Waals surface area (Å²) in [6.07, 6.45) is 3.12. The highest BCUT2D eigenvalue weighted by Gasteiger charge is 2.37. The van der Waals surface area contributed by atoms with E-state index in [-0.39, 0.29) is 18.0 Å². The van der Waals surface area contributed by atoms with Gasteiger partial charge in [0.1, 0.15) is 11.3 Å². The Morgan fingerprint density at radius 1 is 1.39 bits per heavy atom. The first-order valence-electron chi connectivity index (χ1n) is 8.08. The summed E-state index contributed by atoms with van der Waals surface area (Å²) in [7, 11) is 0. The van der Waals surface area contributed by atoms with Crippen LogP contribution in [-0.4, -0.2) is 51.5 Å². The molecule has 0 bridgehead atoms. The summed E-state index contributed by atoms with van der Waals surface area (Å²) >= 11 is 0. The second-order valence-electron chi connectivity index (χ2n) is 7.17. The van der Waals surface area contributed by atoms with Gasteiger partial charge in [0.05, 0.1) is 6.04 Å². The Morgan fingerprint density at radius 3 is 2.87 bits per heavy atom. The second kappa shape index (κ2) is 5.83. The summed E-state index contributed by atoms with van der Waals surface area (Å²) in [4.78, 5) is 32.5. The van der Waals surface area contributed by atoms with Crippen molar-refractivity contribution in [2.45, 2.75) is 51.8 Å². The number of hydrogen-bond donors (Lipinski definition) is 0. The number of carbonyl (C=O) groups is 2. The lowest BCUT2D eigenvalue weighted by atomic mass is 10.0. The molecule has 0 N–H and O–H groups in total. The number of piperidine rings is 1. The molecule has 2 aliphatic rings. The van der Waals surface area contributed by atoms with Gasteiger partial charge in [-0.15, -0.1) is 0 Å². The molecule has 124 valence electrons. The van der Waals surface area contributed by atoms with Crippen molar-refractivity contribution in [2.24, 2.45) is 0 Å². The molecule has 6 heteroatoms. The van der Waals surface area contributed by atoms with Crippen molar-refractivity contribution >= 4 is 12.0 Å². The van der Waals surface area contributed by atoms with Crippen LogP contribution >= 0.6 is 0 Å². The van der Waals surface area contributed by atoms with Crippen molar-refractivity contribution < 1.29 is 14.3 Å². The highest BCUT2D eigenvalue weighted by atomic mass is 16.6. The summed E-state index contributed by atoms with van der Waals surface area (Å²) in [5.41, 5.74) is 1.00. The fraction of sp³-hybridized carbons (Fsp3) is 0.588. The van der Waals surface area contributed by atoms with E-state index in [9.17, 15) is 9.59 Å². The number of ether oxygens (including phenoxy) is 1. The molecule has 1 aromatic heterocycles. The minimum atomic E-state index is -0.506. The minimum absolute atomic E-state index is 0.0259. The molecule has 0 aliphatic carbocycles. The maximum atomic E-state index is 12.5. The van der Waals surface area contributed by atoms with E-state index in [2.05, 4.69) is 4.98 Å². The zero-order chi connectivity index (χ0) is 16.6. The number of amides is 2. The SMILES string of the molecule is CC(C)(C)OC(=O)N1CCC[C@H](N2Cc3cccnc3C2=O)C1. The van der Waals surface area contributed by atoms with Crippen LogP contribution in [0.4, 0.5) is 4.79 Å². The van der Waals surface area contributed by atoms with Gasteiger partial charge in [0.2, 0.25) is 0 Å². The standard InChI is InChI=1S/C17H23N3O3/c1-17(2,3)23-16(22)19-9-5-7-13(11-19)20-10-12-6-4-8-18-14(12)15(20)21/h4,6,8,13H,5,7,9-11H2,1-3H3/t13-/m0/s1. The van der Waals surface area contributed by atoms with Crippen LogP contribution in [0.1, 0.15) is 49.7 Å². The zero-order valence-electron chi connectivity index (χ0n) is 13.9. The van der Waals surface area contributed by atoms with E-state index in [1.54, 1.807) is 11.1 Å². The molecule has 1 saturated heterocycles. The third-order valence-corrected chi connectivity index (χ3v) is 4.18. The normalized spacial score (nSPS) is 21.3. The third kappa shape index (κ3) is 3.30. The Morgan fingerprint density at radius 2 is 2.17 bits per heavy atom. The third-order valence-electron chi connectivity index (χ3n) is 4.18. The first-order valence-corrected chi connectivity index (χ1v) is 8.08. The molecular weight excluding hydrogens is 294 g/mol. The van der Waals surface area contributed by atoms with Crippen molar-refractivity contribution in [3.8, 4) is 0 Å². The molecule has 0 spiro atoms. The molecule has 3 heterocycles. The molecule has 23 heavy (non-hydrogen) atoms. The maximum absolute atomic E-state index is 12.5. The van der Waals surface area contributed by atoms with Gasteiger partial charge < -0.3 is 14.5 Å². The Balaban J connectivity index is 1.68. The zero-order valence-corrected chi connectivity index (χ0v) is 13.9. The van der Waals surface area contributed by atoms with E-state index in [1.807, 2.05) is 37.8 Å². The predicted molar refractivity (Wildman–Crippen MR) is 84.9 cm³/mol. The van der Waals surface area contributed by atoms with Gasteiger partial charge in [-0.2, -0.15) is 0 Å². The van der Waals surface area contributed by atoms with Gasteiger partial charge in [0, 0.05) is 31.4 Å². The van der Waals surface area contributed by atoms with Gasteiger partial charge in [-0.05, 0) is 39.7 Å². The molecule has 1 fully saturated rings. The topological polar surface area (TPSA) is 62.7 Å². The molecule has 0 saturated carbocycles. The van der Waals surface area contributed by atoms with Crippen LogP contribution in [0.15, 0.2) is 18.3 Å². The molecule has 2 amide bonds. The molecule has 0 unspecified atom stereocenters. The fourth-order valence-corrected chi connectivity index (χ4v) is 3.15. The summed E-state index contributed by atoms with van der Waals surface area (Å²) in [5.74, 6) is -0.0309. The average Bonchev–Trinajstić information content (AvgIpc) is 2.83. The molecule has 1 aromatic rings. The maximum Gasteiger partial charge on any atom is 0.410 e. The first-order chi connectivity index (χ1) is 10.8. The fourth-order valence-electron chi connectivity index (χ4n) is 3.15. The minimum Gasteiger partial charge on any atom is -0.444 e. The molecule has 1 atom stereocenters. The highest BCUT2D eigenvalue weighted by Crippen LogP contribution is 2.27. The van der Waals surface area contributed by atoms with Crippen molar-refractivity contribution in [3.63, 3.8) is 0 Å². The Kier molecular flexibility index (Phi) is 4.00. The van der Waals surface area contributed by atoms with E-state index in [0.717, 1.165) is 18.4 Å². The largest absolute Gasteiger partial charge is 0.444 e. The number of hydrogen-bond acceptors (Lipinski definition) is 4. The average molecular weight is 317 g/mol. The van der Waals surface area contributed by atoms with Gasteiger partial charge >= 0.3 is 6.09 Å². The number of aromatic nitrogens is 1. The summed E-state index contributed by atoms with van der Waals surface area (Å²) in [6.45, 7) is 7.36. The number of rotatable bonds is 1. The van der Waals surface area contributed by atoms with Gasteiger partial charge in [-0.1, -0.05) is 6.07 Å². The summed E-state index contributed by atoms with van der Waals surface area (Å²) < 4.78 is 5.45. The Bertz CT molecular complexity index is 624. The van der Waals surface area contributed by atoms with E-state index in [1.165, 1.54) is 0 Å². The molecular formula is C17H23N3O3. The van der Waals surface area contributed by atoms with Crippen molar-refractivity contribution in [1.29, 1.82) is 0 Å². The van der Waals surface area contributed by atoms with Crippen molar-refractivity contribution in [1.82, 2.24) is 14.8 Å². The van der Waals surface area contributed by atoms with Gasteiger partial charge in [-0.3, -0.25) is 9.78 Å². The lowest BCUT2D eigenvalue weighted by molar-refractivity contribution is 0.0106. The van der Waals surface area contributed by atoms with E-state index in [4.69, 9.17) is 4.74 Å². The number of carbonyl (C=O) groups excluding carboxylic acids is 2. The Hall–Kier alpha value is -2.11. The summed E-state index contributed by atoms with van der Waals surface area (Å²) in [5, 5.41) is 0. The van der Waals surface area contributed by atoms with Gasteiger partial charge in [-0.25, -0.2) is 4.79 Å². The predicted octanol–water partition coefficient (Wildman–Crippen LogP) is 2.44. The second-order valence-corrected chi connectivity index (χ2v) is 7.17. The lowest BCUT2D eigenvalue weighted by Gasteiger charge is -2.38. The van der Waals surface area contributed by atoms with Crippen LogP contribution in [-0.2, 0) is 11.3 Å². The smallest absolute Gasteiger partial charge is 0.410 e. The first kappa shape index (κ1) is 15.8. The van der Waals surface area contributed by atoms with E-state index in [0.29, 0.717) is 25.3 Å². The number of nitrogens with zero attached hydrogens (tertiary/aromatic N) is 3. The monoisotopic (exact) mass is 317 g/mol. The Labute approximate surface area is 136 Å². The number of likely N-dealkylation sites (tertiary alicyclic amines) is 1. The lowest BCUT2D eigenvalue weighted by Crippen LogP contribution is -2.50. The molecule has 0 aromatic carbocycles. The summed E-state index contributed by atoms with van der Waals surface area (Å²) in [6, 6.07) is 3.82. The van der Waals surface area contributed by atoms with Crippen molar-refractivity contribution in [3.05, 3.63) is 29.6 Å². The van der Waals surface area contributed by atoms with Crippen LogP contribution in [0.25, 0.3) is 0 Å². The molecule has 3 rings (SSSR count). The number of fused-ring (bicyclic) bond motifs is 1. The van der Waals surface area contributed by atoms with Crippen LogP contribution in [0.3, 0.4) is 0 Å². The number of pyridine rings is 1. The van der Waals surface area contributed by atoms with E-state index >= 15 is 0 Å². The quantitative estimate of drug-likeness (QED) is 0.798. The highest BCUT2D eigenvalue weighted by molar-refractivity contribution is 5.96. The molecule has 2 aliphatic heterocycles. The van der Waals surface area contributed by atoms with E-state index < -0.39 is 5.60 Å².